The Labute approximate surface area is 162 Å². The molecular formula is C18H25NO7S. The molecule has 0 aromatic heterocycles. The minimum Gasteiger partial charge on any atom is -0.481 e. The van der Waals surface area contributed by atoms with Crippen LogP contribution in [0.15, 0.2) is 24.3 Å². The first-order valence-corrected chi connectivity index (χ1v) is 9.60. The molecule has 0 bridgehead atoms. The van der Waals surface area contributed by atoms with Gasteiger partial charge in [0.15, 0.2) is 0 Å². The summed E-state index contributed by atoms with van der Waals surface area (Å²) in [6.07, 6.45) is 4.48. The summed E-state index contributed by atoms with van der Waals surface area (Å²) in [4.78, 5) is 34.6. The Balaban J connectivity index is 2.63. The predicted molar refractivity (Wildman–Crippen MR) is 102 cm³/mol. The minimum absolute atomic E-state index is 0.169. The summed E-state index contributed by atoms with van der Waals surface area (Å²) in [5, 5.41) is 20.4. The molecule has 27 heavy (non-hydrogen) atoms. The van der Waals surface area contributed by atoms with E-state index in [1.54, 1.807) is 12.1 Å². The molecule has 150 valence electrons. The van der Waals surface area contributed by atoms with Crippen LogP contribution in [0.5, 0.6) is 0 Å². The second-order valence-electron chi connectivity index (χ2n) is 5.90. The molecule has 0 aliphatic carbocycles. The van der Waals surface area contributed by atoms with Crippen LogP contribution in [-0.4, -0.2) is 47.7 Å². The van der Waals surface area contributed by atoms with Crippen molar-refractivity contribution < 1.29 is 34.1 Å². The summed E-state index contributed by atoms with van der Waals surface area (Å²) in [6.45, 7) is 1.48. The van der Waals surface area contributed by atoms with Gasteiger partial charge in [0.05, 0.1) is 5.92 Å². The van der Waals surface area contributed by atoms with Crippen molar-refractivity contribution in [3.05, 3.63) is 29.8 Å². The van der Waals surface area contributed by atoms with Crippen molar-refractivity contribution in [1.29, 1.82) is 0 Å². The lowest BCUT2D eigenvalue weighted by Gasteiger charge is -2.25. The molecule has 2 N–H and O–H groups in total. The van der Waals surface area contributed by atoms with E-state index < -0.39 is 11.9 Å². The molecule has 0 saturated carbocycles. The molecule has 9 heteroatoms. The van der Waals surface area contributed by atoms with E-state index in [0.717, 1.165) is 50.1 Å². The molecule has 0 heterocycles. The molecule has 0 saturated heterocycles. The van der Waals surface area contributed by atoms with Crippen LogP contribution in [0.3, 0.4) is 0 Å². The van der Waals surface area contributed by atoms with Gasteiger partial charge in [-0.25, -0.2) is 5.26 Å². The van der Waals surface area contributed by atoms with Crippen LogP contribution >= 0.6 is 12.0 Å². The molecule has 1 aromatic carbocycles. The lowest BCUT2D eigenvalue weighted by molar-refractivity contribution is -0.432. The number of hydrogen-bond donors (Lipinski definition) is 2. The topological polar surface area (TPSA) is 113 Å². The summed E-state index contributed by atoms with van der Waals surface area (Å²) in [5.41, 5.74) is 1.60. The van der Waals surface area contributed by atoms with Crippen molar-refractivity contribution in [2.75, 3.05) is 23.7 Å². The molecule has 0 aliphatic heterocycles. The van der Waals surface area contributed by atoms with Gasteiger partial charge in [0, 0.05) is 43.0 Å². The van der Waals surface area contributed by atoms with Crippen molar-refractivity contribution in [1.82, 2.24) is 0 Å². The summed E-state index contributed by atoms with van der Waals surface area (Å²) in [6, 6.07) is 7.26. The van der Waals surface area contributed by atoms with Gasteiger partial charge >= 0.3 is 5.97 Å². The Bertz CT molecular complexity index is 559. The summed E-state index contributed by atoms with van der Waals surface area (Å²) in [7, 11) is 0. The molecule has 1 aromatic rings. The van der Waals surface area contributed by atoms with Crippen LogP contribution in [0.4, 0.5) is 5.69 Å². The fraction of sp³-hybridized carbons (Fsp3) is 0.500. The molecule has 0 amide bonds. The number of carboxylic acid groups (broad SMARTS) is 1. The van der Waals surface area contributed by atoms with Crippen LogP contribution in [0.1, 0.15) is 43.6 Å². The average molecular weight is 399 g/mol. The molecule has 0 atom stereocenters. The molecule has 0 radical (unpaired) electrons. The predicted octanol–water partition coefficient (Wildman–Crippen LogP) is 3.08. The molecule has 0 aliphatic rings. The SMILES string of the molecule is O=CC(C=O)c1ccc(N(CCCCCC(=O)O)CCCSOOO)cc1. The van der Waals surface area contributed by atoms with Gasteiger partial charge in [-0.2, -0.15) is 0 Å². The van der Waals surface area contributed by atoms with Gasteiger partial charge in [0.1, 0.15) is 12.6 Å². The Morgan fingerprint density at radius 1 is 1.07 bits per heavy atom. The van der Waals surface area contributed by atoms with Crippen molar-refractivity contribution in [3.8, 4) is 0 Å². The van der Waals surface area contributed by atoms with Crippen molar-refractivity contribution in [2.45, 2.75) is 38.0 Å². The highest BCUT2D eigenvalue weighted by Crippen LogP contribution is 2.20. The monoisotopic (exact) mass is 399 g/mol. The zero-order chi connectivity index (χ0) is 19.9. The normalized spacial score (nSPS) is 10.7. The van der Waals surface area contributed by atoms with E-state index in [1.165, 1.54) is 0 Å². The second kappa shape index (κ2) is 14.2. The maximum atomic E-state index is 10.9. The van der Waals surface area contributed by atoms with Crippen molar-refractivity contribution in [3.63, 3.8) is 0 Å². The molecule has 0 spiro atoms. The highest BCUT2D eigenvalue weighted by Gasteiger charge is 2.11. The number of anilines is 1. The van der Waals surface area contributed by atoms with E-state index in [4.69, 9.17) is 10.4 Å². The smallest absolute Gasteiger partial charge is 0.303 e. The molecule has 1 rings (SSSR count). The number of benzene rings is 1. The molecular weight excluding hydrogens is 374 g/mol. The molecule has 0 unspecified atom stereocenters. The van der Waals surface area contributed by atoms with Gasteiger partial charge in [-0.15, -0.1) is 4.33 Å². The van der Waals surface area contributed by atoms with Gasteiger partial charge < -0.3 is 19.6 Å². The van der Waals surface area contributed by atoms with Gasteiger partial charge in [-0.1, -0.05) is 23.6 Å². The second-order valence-corrected chi connectivity index (χ2v) is 6.68. The largest absolute Gasteiger partial charge is 0.481 e. The number of carbonyl (C=O) groups excluding carboxylic acids is 2. The third-order valence-electron chi connectivity index (χ3n) is 3.99. The van der Waals surface area contributed by atoms with Crippen LogP contribution in [-0.2, 0) is 23.8 Å². The zero-order valence-corrected chi connectivity index (χ0v) is 15.8. The first-order valence-electron chi connectivity index (χ1n) is 8.69. The Hall–Kier alpha value is -1.94. The zero-order valence-electron chi connectivity index (χ0n) is 15.0. The third kappa shape index (κ3) is 9.53. The first kappa shape index (κ1) is 23.1. The van der Waals surface area contributed by atoms with Crippen LogP contribution in [0, 0.1) is 0 Å². The van der Waals surface area contributed by atoms with Gasteiger partial charge in [-0.3, -0.25) is 4.79 Å². The fourth-order valence-corrected chi connectivity index (χ4v) is 2.95. The lowest BCUT2D eigenvalue weighted by atomic mass is 10.0. The number of carboxylic acids is 1. The summed E-state index contributed by atoms with van der Waals surface area (Å²) >= 11 is 0.996. The number of carbonyl (C=O) groups is 3. The van der Waals surface area contributed by atoms with Crippen LogP contribution in [0.25, 0.3) is 0 Å². The van der Waals surface area contributed by atoms with Crippen molar-refractivity contribution in [2.24, 2.45) is 0 Å². The van der Waals surface area contributed by atoms with E-state index in [9.17, 15) is 14.4 Å². The number of aldehydes is 2. The average Bonchev–Trinajstić information content (AvgIpc) is 2.67. The number of hydrogen-bond acceptors (Lipinski definition) is 8. The van der Waals surface area contributed by atoms with Crippen LogP contribution < -0.4 is 4.90 Å². The lowest BCUT2D eigenvalue weighted by Crippen LogP contribution is -2.26. The fourth-order valence-electron chi connectivity index (χ4n) is 2.59. The van der Waals surface area contributed by atoms with E-state index in [1.807, 2.05) is 12.1 Å². The summed E-state index contributed by atoms with van der Waals surface area (Å²) < 4.78 is 4.36. The number of rotatable bonds is 16. The number of unbranched alkanes of at least 4 members (excludes halogenated alkanes) is 2. The minimum atomic E-state index is -0.787. The Morgan fingerprint density at radius 2 is 1.74 bits per heavy atom. The molecule has 8 nitrogen and oxygen atoms in total. The van der Waals surface area contributed by atoms with Crippen LogP contribution in [0.2, 0.25) is 0 Å². The highest BCUT2D eigenvalue weighted by molar-refractivity contribution is 7.94. The Kier molecular flexibility index (Phi) is 12.1. The number of nitrogens with zero attached hydrogens (tertiary/aromatic N) is 1. The molecule has 0 fully saturated rings. The van der Waals surface area contributed by atoms with E-state index >= 15 is 0 Å². The van der Waals surface area contributed by atoms with Crippen molar-refractivity contribution >= 4 is 36.3 Å². The van der Waals surface area contributed by atoms with E-state index in [0.29, 0.717) is 30.3 Å². The summed E-state index contributed by atoms with van der Waals surface area (Å²) in [5.74, 6) is -0.923. The third-order valence-corrected chi connectivity index (χ3v) is 4.60. The first-order chi connectivity index (χ1) is 13.1. The standard InChI is InChI=1S/C18H25NO7S/c20-13-16(14-21)15-6-8-17(9-7-15)19(11-4-12-27-26-25-24)10-3-1-2-5-18(22)23/h6-9,13-14,16,24H,1-5,10-12H2,(H,22,23). The highest BCUT2D eigenvalue weighted by atomic mass is 32.2. The van der Waals surface area contributed by atoms with E-state index in [2.05, 4.69) is 14.3 Å². The van der Waals surface area contributed by atoms with Gasteiger partial charge in [0.25, 0.3) is 0 Å². The van der Waals surface area contributed by atoms with Gasteiger partial charge in [0.2, 0.25) is 0 Å². The maximum absolute atomic E-state index is 10.9. The van der Waals surface area contributed by atoms with E-state index in [-0.39, 0.29) is 6.42 Å². The van der Waals surface area contributed by atoms with Gasteiger partial charge in [-0.05, 0) is 37.0 Å². The maximum Gasteiger partial charge on any atom is 0.303 e. The number of aliphatic carboxylic acids is 1. The quantitative estimate of drug-likeness (QED) is 0.108. The Morgan fingerprint density at radius 3 is 2.33 bits per heavy atom.